The number of halogens is 4. The van der Waals surface area contributed by atoms with Crippen LogP contribution < -0.4 is 5.32 Å². The fourth-order valence-corrected chi connectivity index (χ4v) is 7.85. The maximum Gasteiger partial charge on any atom is 0.235 e. The van der Waals surface area contributed by atoms with Crippen LogP contribution in [0.25, 0.3) is 0 Å². The largest absolute Gasteiger partial charge is 0.326 e. The predicted molar refractivity (Wildman–Crippen MR) is 147 cm³/mol. The van der Waals surface area contributed by atoms with Crippen LogP contribution in [0.5, 0.6) is 0 Å². The molecule has 37 heavy (non-hydrogen) atoms. The molecule has 0 unspecified atom stereocenters. The van der Waals surface area contributed by atoms with Crippen LogP contribution in [0.15, 0.2) is 65.1 Å². The van der Waals surface area contributed by atoms with Gasteiger partial charge in [-0.25, -0.2) is 0 Å². The lowest BCUT2D eigenvalue weighted by atomic mass is 9.54. The third-order valence-electron chi connectivity index (χ3n) is 7.85. The van der Waals surface area contributed by atoms with Gasteiger partial charge in [0, 0.05) is 23.1 Å². The van der Waals surface area contributed by atoms with Crippen LogP contribution in [0.3, 0.4) is 0 Å². The maximum absolute atomic E-state index is 13.8. The number of nitrogens with zero attached hydrogens (tertiary/aromatic N) is 1. The molecule has 1 heterocycles. The minimum absolute atomic E-state index is 0.0749. The number of benzene rings is 3. The third kappa shape index (κ3) is 3.26. The Labute approximate surface area is 237 Å². The highest BCUT2D eigenvalue weighted by Gasteiger charge is 2.72. The molecule has 188 valence electrons. The molecular formula is C28H20BrCl3N2O3. The maximum atomic E-state index is 13.8. The lowest BCUT2D eigenvalue weighted by Gasteiger charge is -2.54. The van der Waals surface area contributed by atoms with E-state index in [0.717, 1.165) is 31.6 Å². The second kappa shape index (κ2) is 8.57. The number of carbonyl (C=O) groups excluding carboxylic acids is 3. The van der Waals surface area contributed by atoms with Gasteiger partial charge in [-0.2, -0.15) is 0 Å². The lowest BCUT2D eigenvalue weighted by Crippen LogP contribution is -2.57. The Balaban J connectivity index is 1.32. The van der Waals surface area contributed by atoms with E-state index in [1.165, 1.54) is 0 Å². The molecule has 1 N–H and O–H groups in total. The molecule has 1 fully saturated rings. The molecule has 3 aliphatic carbocycles. The number of hydrogen-bond donors (Lipinski definition) is 1. The van der Waals surface area contributed by atoms with Crippen LogP contribution in [-0.4, -0.2) is 29.2 Å². The minimum atomic E-state index is -1.23. The highest BCUT2D eigenvalue weighted by Crippen LogP contribution is 2.69. The molecule has 5 nitrogen and oxygen atoms in total. The summed E-state index contributed by atoms with van der Waals surface area (Å²) >= 11 is 24.4. The van der Waals surface area contributed by atoms with Gasteiger partial charge in [0.15, 0.2) is 0 Å². The number of hydrogen-bond acceptors (Lipinski definition) is 3. The summed E-state index contributed by atoms with van der Waals surface area (Å²) in [6.07, 6.45) is -0.0749. The summed E-state index contributed by atoms with van der Waals surface area (Å²) in [4.78, 5) is 39.1. The molecule has 0 saturated carbocycles. The molecule has 3 aromatic carbocycles. The molecule has 1 saturated heterocycles. The van der Waals surface area contributed by atoms with Crippen molar-refractivity contribution < 1.29 is 14.4 Å². The predicted octanol–water partition coefficient (Wildman–Crippen LogP) is 6.33. The first-order chi connectivity index (χ1) is 17.6. The van der Waals surface area contributed by atoms with Gasteiger partial charge in [0.05, 0.1) is 16.9 Å². The summed E-state index contributed by atoms with van der Waals surface area (Å²) in [5.74, 6) is -2.91. The number of nitrogens with one attached hydrogen (secondary N) is 1. The number of rotatable bonds is 4. The Bertz CT molecular complexity index is 1400. The molecule has 0 aromatic heterocycles. The number of carbonyl (C=O) groups is 3. The molecule has 3 amide bonds. The summed E-state index contributed by atoms with van der Waals surface area (Å²) in [6.45, 7) is 1.72. The van der Waals surface area contributed by atoms with Crippen molar-refractivity contribution in [3.8, 4) is 0 Å². The first kappa shape index (κ1) is 24.9. The molecule has 3 aromatic rings. The Morgan fingerprint density at radius 3 is 1.81 bits per heavy atom. The highest BCUT2D eigenvalue weighted by atomic mass is 79.9. The molecule has 0 radical (unpaired) electrons. The van der Waals surface area contributed by atoms with E-state index >= 15 is 0 Å². The average molecular weight is 619 g/mol. The van der Waals surface area contributed by atoms with Gasteiger partial charge in [-0.1, -0.05) is 60.1 Å². The molecule has 2 atom stereocenters. The van der Waals surface area contributed by atoms with Crippen molar-refractivity contribution in [2.45, 2.75) is 23.1 Å². The molecule has 0 spiro atoms. The van der Waals surface area contributed by atoms with Gasteiger partial charge >= 0.3 is 0 Å². The van der Waals surface area contributed by atoms with Gasteiger partial charge in [0.1, 0.15) is 9.75 Å². The number of likely N-dealkylation sites (tertiary alicyclic amines) is 1. The summed E-state index contributed by atoms with van der Waals surface area (Å²) in [7, 11) is 0. The fourth-order valence-electron chi connectivity index (χ4n) is 6.16. The molecule has 2 bridgehead atoms. The van der Waals surface area contributed by atoms with Crippen molar-refractivity contribution in [2.75, 3.05) is 11.9 Å². The minimum Gasteiger partial charge on any atom is -0.326 e. The Morgan fingerprint density at radius 1 is 0.892 bits per heavy atom. The monoisotopic (exact) mass is 616 g/mol. The van der Waals surface area contributed by atoms with Crippen LogP contribution in [0, 0.1) is 18.8 Å². The van der Waals surface area contributed by atoms with Crippen molar-refractivity contribution in [1.29, 1.82) is 0 Å². The van der Waals surface area contributed by atoms with Crippen LogP contribution in [0.1, 0.15) is 34.2 Å². The summed E-state index contributed by atoms with van der Waals surface area (Å²) in [5.41, 5.74) is 4.26. The second-order valence-corrected chi connectivity index (χ2v) is 12.1. The summed E-state index contributed by atoms with van der Waals surface area (Å²) in [6, 6.07) is 18.5. The van der Waals surface area contributed by atoms with Crippen LogP contribution in [0.2, 0.25) is 5.02 Å². The molecule has 9 heteroatoms. The van der Waals surface area contributed by atoms with Gasteiger partial charge in [0.25, 0.3) is 0 Å². The van der Waals surface area contributed by atoms with E-state index in [-0.39, 0.29) is 18.9 Å². The van der Waals surface area contributed by atoms with Crippen LogP contribution in [-0.2, 0) is 24.1 Å². The molecule has 4 aliphatic rings. The standard InChI is InChI=1S/C28H20BrCl3N2O3/c1-14-20(11-10-19(29)24(14)30)33-21(35)12-13-34-25(36)22-23(26(34)37)28(32)16-7-3-2-6-15(16)27(22,31)17-8-4-5-9-18(17)28/h2-11,22-23H,12-13H2,1H3,(H,33,35)/t22-,23+,27?,28?. The van der Waals surface area contributed by atoms with Crippen molar-refractivity contribution in [2.24, 2.45) is 11.8 Å². The third-order valence-corrected chi connectivity index (χ3v) is 10.5. The zero-order chi connectivity index (χ0) is 26.3. The van der Waals surface area contributed by atoms with E-state index in [2.05, 4.69) is 21.2 Å². The van der Waals surface area contributed by atoms with Crippen LogP contribution in [0.4, 0.5) is 5.69 Å². The highest BCUT2D eigenvalue weighted by molar-refractivity contribution is 9.10. The number of alkyl halides is 2. The van der Waals surface area contributed by atoms with Crippen molar-refractivity contribution in [1.82, 2.24) is 4.90 Å². The first-order valence-corrected chi connectivity index (χ1v) is 13.7. The first-order valence-electron chi connectivity index (χ1n) is 11.8. The number of imide groups is 1. The van der Waals surface area contributed by atoms with E-state index in [1.54, 1.807) is 19.1 Å². The zero-order valence-electron chi connectivity index (χ0n) is 19.5. The number of anilines is 1. The molecule has 1 aliphatic heterocycles. The van der Waals surface area contributed by atoms with Gasteiger partial charge in [-0.15, -0.1) is 23.2 Å². The Morgan fingerprint density at radius 2 is 1.35 bits per heavy atom. The summed E-state index contributed by atoms with van der Waals surface area (Å²) in [5, 5.41) is 3.32. The summed E-state index contributed by atoms with van der Waals surface area (Å²) < 4.78 is 0.724. The van der Waals surface area contributed by atoms with E-state index in [9.17, 15) is 14.4 Å². The van der Waals surface area contributed by atoms with E-state index in [1.807, 2.05) is 48.5 Å². The van der Waals surface area contributed by atoms with Gasteiger partial charge < -0.3 is 5.32 Å². The van der Waals surface area contributed by atoms with Gasteiger partial charge in [0.2, 0.25) is 17.7 Å². The SMILES string of the molecule is Cc1c(NC(=O)CCN2C(=O)[C@@H]3[C@H](C2=O)C2(Cl)c4ccccc4C3(Cl)c3ccccc32)ccc(Br)c1Cl. The van der Waals surface area contributed by atoms with Crippen molar-refractivity contribution in [3.63, 3.8) is 0 Å². The zero-order valence-corrected chi connectivity index (χ0v) is 23.4. The van der Waals surface area contributed by atoms with Crippen molar-refractivity contribution >= 4 is 74.1 Å². The quantitative estimate of drug-likeness (QED) is 0.275. The smallest absolute Gasteiger partial charge is 0.235 e. The fraction of sp³-hybridized carbons (Fsp3) is 0.250. The van der Waals surface area contributed by atoms with Gasteiger partial charge in [-0.05, 0) is 62.8 Å². The van der Waals surface area contributed by atoms with E-state index < -0.39 is 33.4 Å². The topological polar surface area (TPSA) is 66.5 Å². The Kier molecular flexibility index (Phi) is 5.77. The normalized spacial score (nSPS) is 27.1. The van der Waals surface area contributed by atoms with Gasteiger partial charge in [-0.3, -0.25) is 19.3 Å². The second-order valence-electron chi connectivity index (χ2n) is 9.63. The molecule has 7 rings (SSSR count). The molecular weight excluding hydrogens is 599 g/mol. The van der Waals surface area contributed by atoms with Crippen LogP contribution >= 0.6 is 50.7 Å². The average Bonchev–Trinajstić information content (AvgIpc) is 3.16. The van der Waals surface area contributed by atoms with E-state index in [4.69, 9.17) is 34.8 Å². The van der Waals surface area contributed by atoms with Crippen molar-refractivity contribution in [3.05, 3.63) is 98.0 Å². The van der Waals surface area contributed by atoms with E-state index in [0.29, 0.717) is 16.3 Å². The lowest BCUT2D eigenvalue weighted by molar-refractivity contribution is -0.140. The number of amides is 3. The Hall–Kier alpha value is -2.38.